The van der Waals surface area contributed by atoms with Crippen molar-refractivity contribution in [3.8, 4) is 34.8 Å². The molecule has 3 aromatic carbocycles. The summed E-state index contributed by atoms with van der Waals surface area (Å²) in [5.41, 5.74) is 2.54. The van der Waals surface area contributed by atoms with E-state index in [1.54, 1.807) is 88.1 Å². The van der Waals surface area contributed by atoms with Gasteiger partial charge in [0, 0.05) is 6.08 Å². The summed E-state index contributed by atoms with van der Waals surface area (Å²) in [6.07, 6.45) is 4.66. The highest BCUT2D eigenvalue weighted by Crippen LogP contribution is 2.31. The zero-order chi connectivity index (χ0) is 25.2. The second-order valence-corrected chi connectivity index (χ2v) is 7.18. The van der Waals surface area contributed by atoms with Gasteiger partial charge in [-0.25, -0.2) is 4.79 Å². The number of esters is 1. The lowest BCUT2D eigenvalue weighted by molar-refractivity contribution is -0.128. The van der Waals surface area contributed by atoms with Crippen molar-refractivity contribution in [3.63, 3.8) is 0 Å². The molecule has 0 atom stereocenters. The number of ether oxygens (including phenoxy) is 5. The molecule has 35 heavy (non-hydrogen) atoms. The van der Waals surface area contributed by atoms with Gasteiger partial charge in [-0.3, -0.25) is 0 Å². The lowest BCUT2D eigenvalue weighted by Crippen LogP contribution is -2.03. The van der Waals surface area contributed by atoms with Gasteiger partial charge in [0.15, 0.2) is 23.0 Å². The summed E-state index contributed by atoms with van der Waals surface area (Å²) in [5, 5.41) is 9.69. The van der Waals surface area contributed by atoms with Crippen LogP contribution in [-0.2, 0) is 4.79 Å². The minimum absolute atomic E-state index is 0.352. The maximum absolute atomic E-state index is 12.3. The van der Waals surface area contributed by atoms with Crippen LogP contribution in [0.2, 0.25) is 0 Å². The number of allylic oxidation sites excluding steroid dienone is 1. The van der Waals surface area contributed by atoms with E-state index in [-0.39, 0.29) is 0 Å². The van der Waals surface area contributed by atoms with E-state index in [0.29, 0.717) is 45.4 Å². The van der Waals surface area contributed by atoms with Crippen LogP contribution in [0.15, 0.2) is 66.7 Å². The molecule has 0 N–H and O–H groups in total. The first-order valence-corrected chi connectivity index (χ1v) is 10.6. The second kappa shape index (κ2) is 12.0. The summed E-state index contributed by atoms with van der Waals surface area (Å²) in [6, 6.07) is 19.7. The molecule has 0 unspecified atom stereocenters. The summed E-state index contributed by atoms with van der Waals surface area (Å²) in [7, 11) is 6.19. The Morgan fingerprint density at radius 1 is 0.771 bits per heavy atom. The van der Waals surface area contributed by atoms with Crippen LogP contribution in [-0.4, -0.2) is 34.4 Å². The van der Waals surface area contributed by atoms with Crippen LogP contribution in [0.1, 0.15) is 16.7 Å². The van der Waals surface area contributed by atoms with Crippen LogP contribution in [0.3, 0.4) is 0 Å². The largest absolute Gasteiger partial charge is 0.493 e. The summed E-state index contributed by atoms with van der Waals surface area (Å²) >= 11 is 0. The first-order chi connectivity index (χ1) is 17.0. The zero-order valence-corrected chi connectivity index (χ0v) is 19.9. The van der Waals surface area contributed by atoms with Gasteiger partial charge in [0.05, 0.1) is 40.1 Å². The van der Waals surface area contributed by atoms with Gasteiger partial charge in [-0.1, -0.05) is 18.2 Å². The van der Waals surface area contributed by atoms with E-state index < -0.39 is 5.97 Å². The average Bonchev–Trinajstić information content (AvgIpc) is 2.90. The molecule has 178 valence electrons. The predicted molar refractivity (Wildman–Crippen MR) is 134 cm³/mol. The highest BCUT2D eigenvalue weighted by atomic mass is 16.5. The number of benzene rings is 3. The van der Waals surface area contributed by atoms with E-state index in [1.165, 1.54) is 13.2 Å². The molecule has 7 nitrogen and oxygen atoms in total. The smallest absolute Gasteiger partial charge is 0.336 e. The van der Waals surface area contributed by atoms with Gasteiger partial charge in [-0.05, 0) is 71.3 Å². The molecule has 0 aromatic heterocycles. The highest BCUT2D eigenvalue weighted by Gasteiger charge is 2.09. The summed E-state index contributed by atoms with van der Waals surface area (Å²) in [5.74, 6) is 2.07. The Balaban J connectivity index is 1.76. The fourth-order valence-electron chi connectivity index (χ4n) is 3.29. The Hall–Kier alpha value is -4.70. The Bertz CT molecular complexity index is 1300. The van der Waals surface area contributed by atoms with Gasteiger partial charge in [0.1, 0.15) is 5.75 Å². The van der Waals surface area contributed by atoms with Crippen LogP contribution in [0, 0.1) is 11.3 Å². The third-order valence-corrected chi connectivity index (χ3v) is 5.02. The first kappa shape index (κ1) is 24.9. The molecule has 0 fully saturated rings. The Morgan fingerprint density at radius 2 is 1.43 bits per heavy atom. The quantitative estimate of drug-likeness (QED) is 0.136. The van der Waals surface area contributed by atoms with Crippen molar-refractivity contribution in [1.82, 2.24) is 0 Å². The predicted octanol–water partition coefficient (Wildman–Crippen LogP) is 5.40. The standard InChI is InChI=1S/C28H25NO6/c1-31-24-11-8-19(16-26(24)33-3)9-13-28(30)35-23-7-5-6-20(15-23)14-22(18-29)21-10-12-25(32-2)27(17-21)34-4/h5-17H,1-4H3/b13-9+,22-14-. The molecular formula is C28H25NO6. The number of carbonyl (C=O) groups is 1. The maximum atomic E-state index is 12.3. The van der Waals surface area contributed by atoms with Gasteiger partial charge in [-0.2, -0.15) is 5.26 Å². The molecule has 0 aliphatic heterocycles. The number of hydrogen-bond donors (Lipinski definition) is 0. The third-order valence-electron chi connectivity index (χ3n) is 5.02. The number of carbonyl (C=O) groups excluding carboxylic acids is 1. The summed E-state index contributed by atoms with van der Waals surface area (Å²) < 4.78 is 26.5. The first-order valence-electron chi connectivity index (χ1n) is 10.6. The van der Waals surface area contributed by atoms with Crippen molar-refractivity contribution in [2.45, 2.75) is 0 Å². The van der Waals surface area contributed by atoms with E-state index >= 15 is 0 Å². The fraction of sp³-hybridized carbons (Fsp3) is 0.143. The topological polar surface area (TPSA) is 87.0 Å². The SMILES string of the molecule is COc1ccc(/C=C/C(=O)Oc2cccc(/C=C(/C#N)c3ccc(OC)c(OC)c3)c2)cc1OC. The number of nitriles is 1. The normalized spacial score (nSPS) is 11.0. The molecule has 0 saturated carbocycles. The van der Waals surface area contributed by atoms with Crippen molar-refractivity contribution in [3.05, 3.63) is 83.4 Å². The molecular weight excluding hydrogens is 446 g/mol. The van der Waals surface area contributed by atoms with Crippen molar-refractivity contribution in [1.29, 1.82) is 5.26 Å². The lowest BCUT2D eigenvalue weighted by Gasteiger charge is -2.09. The number of methoxy groups -OCH3 is 4. The van der Waals surface area contributed by atoms with Crippen molar-refractivity contribution >= 4 is 23.7 Å². The van der Waals surface area contributed by atoms with Crippen molar-refractivity contribution < 1.29 is 28.5 Å². The molecule has 0 aliphatic carbocycles. The van der Waals surface area contributed by atoms with Crippen LogP contribution < -0.4 is 23.7 Å². The van der Waals surface area contributed by atoms with Gasteiger partial charge < -0.3 is 23.7 Å². The average molecular weight is 472 g/mol. The lowest BCUT2D eigenvalue weighted by atomic mass is 10.0. The minimum atomic E-state index is -0.540. The van der Waals surface area contributed by atoms with E-state index in [9.17, 15) is 10.1 Å². The monoisotopic (exact) mass is 471 g/mol. The zero-order valence-electron chi connectivity index (χ0n) is 19.9. The number of nitrogens with zero attached hydrogens (tertiary/aromatic N) is 1. The van der Waals surface area contributed by atoms with Crippen LogP contribution in [0.25, 0.3) is 17.7 Å². The van der Waals surface area contributed by atoms with Gasteiger partial charge >= 0.3 is 5.97 Å². The summed E-state index contributed by atoms with van der Waals surface area (Å²) in [6.45, 7) is 0. The highest BCUT2D eigenvalue weighted by molar-refractivity contribution is 5.91. The van der Waals surface area contributed by atoms with E-state index in [2.05, 4.69) is 6.07 Å². The van der Waals surface area contributed by atoms with E-state index in [1.807, 2.05) is 6.07 Å². The molecule has 0 aliphatic rings. The van der Waals surface area contributed by atoms with Gasteiger partial charge in [0.2, 0.25) is 0 Å². The van der Waals surface area contributed by atoms with Gasteiger partial charge in [-0.15, -0.1) is 0 Å². The van der Waals surface area contributed by atoms with E-state index in [0.717, 1.165) is 5.56 Å². The second-order valence-electron chi connectivity index (χ2n) is 7.18. The summed E-state index contributed by atoms with van der Waals surface area (Å²) in [4.78, 5) is 12.3. The van der Waals surface area contributed by atoms with Crippen LogP contribution in [0.5, 0.6) is 28.7 Å². The Labute approximate surface area is 204 Å². The fourth-order valence-corrected chi connectivity index (χ4v) is 3.29. The molecule has 0 saturated heterocycles. The Morgan fingerprint density at radius 3 is 2.09 bits per heavy atom. The van der Waals surface area contributed by atoms with E-state index in [4.69, 9.17) is 23.7 Å². The molecule has 0 bridgehead atoms. The maximum Gasteiger partial charge on any atom is 0.336 e. The Kier molecular flexibility index (Phi) is 8.52. The van der Waals surface area contributed by atoms with Crippen molar-refractivity contribution in [2.75, 3.05) is 28.4 Å². The van der Waals surface area contributed by atoms with Crippen LogP contribution in [0.4, 0.5) is 0 Å². The molecule has 0 amide bonds. The van der Waals surface area contributed by atoms with Crippen molar-refractivity contribution in [2.24, 2.45) is 0 Å². The molecule has 3 aromatic rings. The molecule has 3 rings (SSSR count). The molecule has 0 heterocycles. The number of rotatable bonds is 9. The third kappa shape index (κ3) is 6.42. The molecule has 7 heteroatoms. The number of hydrogen-bond acceptors (Lipinski definition) is 7. The molecule has 0 radical (unpaired) electrons. The minimum Gasteiger partial charge on any atom is -0.493 e. The van der Waals surface area contributed by atoms with Crippen LogP contribution >= 0.6 is 0 Å². The van der Waals surface area contributed by atoms with Gasteiger partial charge in [0.25, 0.3) is 0 Å². The molecule has 0 spiro atoms.